The highest BCUT2D eigenvalue weighted by atomic mass is 35.5. The van der Waals surface area contributed by atoms with Gasteiger partial charge in [0, 0.05) is 0 Å². The van der Waals surface area contributed by atoms with Crippen LogP contribution in [0.5, 0.6) is 0 Å². The van der Waals surface area contributed by atoms with E-state index in [1.54, 1.807) is 19.9 Å². The second-order valence-electron chi connectivity index (χ2n) is 2.81. The van der Waals surface area contributed by atoms with E-state index in [9.17, 15) is 4.79 Å². The Balaban J connectivity index is 3.06. The number of rotatable bonds is 2. The molecule has 1 rings (SSSR count). The van der Waals surface area contributed by atoms with Gasteiger partial charge in [-0.25, -0.2) is 4.79 Å². The second-order valence-corrected chi connectivity index (χ2v) is 3.59. The molecule has 4 heteroatoms. The maximum absolute atomic E-state index is 11.3. The van der Waals surface area contributed by atoms with Crippen LogP contribution in [-0.4, -0.2) is 12.6 Å². The molecule has 0 amide bonds. The number of hydrogen-bond acceptors (Lipinski definition) is 2. The van der Waals surface area contributed by atoms with Crippen molar-refractivity contribution in [2.75, 3.05) is 6.61 Å². The van der Waals surface area contributed by atoms with Gasteiger partial charge >= 0.3 is 5.97 Å². The molecule has 0 N–H and O–H groups in total. The van der Waals surface area contributed by atoms with Gasteiger partial charge in [0.15, 0.2) is 0 Å². The number of aryl methyl sites for hydroxylation is 1. The average Bonchev–Trinajstić information content (AvgIpc) is 2.13. The van der Waals surface area contributed by atoms with Crippen LogP contribution in [0.2, 0.25) is 10.0 Å². The van der Waals surface area contributed by atoms with Crippen molar-refractivity contribution >= 4 is 29.2 Å². The van der Waals surface area contributed by atoms with Crippen molar-refractivity contribution in [1.82, 2.24) is 0 Å². The highest BCUT2D eigenvalue weighted by Crippen LogP contribution is 2.27. The van der Waals surface area contributed by atoms with Crippen LogP contribution in [0.3, 0.4) is 0 Å². The number of halogens is 2. The summed E-state index contributed by atoms with van der Waals surface area (Å²) in [5.41, 5.74) is 1.20. The number of esters is 1. The Morgan fingerprint density at radius 2 is 2.07 bits per heavy atom. The molecule has 0 aliphatic carbocycles. The van der Waals surface area contributed by atoms with Crippen LogP contribution < -0.4 is 0 Å². The Labute approximate surface area is 92.8 Å². The third-order valence-corrected chi connectivity index (χ3v) is 2.62. The zero-order valence-electron chi connectivity index (χ0n) is 7.93. The van der Waals surface area contributed by atoms with Crippen molar-refractivity contribution in [3.63, 3.8) is 0 Å². The summed E-state index contributed by atoms with van der Waals surface area (Å²) < 4.78 is 4.84. The Hall–Kier alpha value is -0.730. The van der Waals surface area contributed by atoms with Crippen molar-refractivity contribution in [2.24, 2.45) is 0 Å². The van der Waals surface area contributed by atoms with Gasteiger partial charge in [0.25, 0.3) is 0 Å². The lowest BCUT2D eigenvalue weighted by atomic mass is 10.1. The Kier molecular flexibility index (Phi) is 3.78. The summed E-state index contributed by atoms with van der Waals surface area (Å²) in [6.45, 7) is 3.89. The van der Waals surface area contributed by atoms with Gasteiger partial charge in [-0.1, -0.05) is 23.2 Å². The van der Waals surface area contributed by atoms with Crippen molar-refractivity contribution in [2.45, 2.75) is 13.8 Å². The molecule has 76 valence electrons. The molecule has 1 aromatic rings. The van der Waals surface area contributed by atoms with Crippen LogP contribution in [0.15, 0.2) is 12.1 Å². The van der Waals surface area contributed by atoms with Crippen LogP contribution in [0.4, 0.5) is 0 Å². The van der Waals surface area contributed by atoms with Crippen molar-refractivity contribution in [3.05, 3.63) is 33.3 Å². The first kappa shape index (κ1) is 11.3. The highest BCUT2D eigenvalue weighted by molar-refractivity contribution is 6.42. The smallest absolute Gasteiger partial charge is 0.338 e. The fraction of sp³-hybridized carbons (Fsp3) is 0.300. The molecule has 1 aromatic carbocycles. The lowest BCUT2D eigenvalue weighted by Gasteiger charge is -2.05. The quantitative estimate of drug-likeness (QED) is 0.731. The van der Waals surface area contributed by atoms with Gasteiger partial charge in [-0.15, -0.1) is 0 Å². The monoisotopic (exact) mass is 232 g/mol. The minimum atomic E-state index is -0.380. The molecular weight excluding hydrogens is 223 g/mol. The lowest BCUT2D eigenvalue weighted by Crippen LogP contribution is -2.04. The van der Waals surface area contributed by atoms with E-state index in [-0.39, 0.29) is 5.97 Å². The van der Waals surface area contributed by atoms with Crippen molar-refractivity contribution < 1.29 is 9.53 Å². The molecule has 0 unspecified atom stereocenters. The largest absolute Gasteiger partial charge is 0.462 e. The predicted molar refractivity (Wildman–Crippen MR) is 57.2 cm³/mol. The molecule has 0 heterocycles. The molecule has 0 saturated carbocycles. The fourth-order valence-electron chi connectivity index (χ4n) is 1.06. The minimum absolute atomic E-state index is 0.345. The molecule has 0 fully saturated rings. The van der Waals surface area contributed by atoms with E-state index in [0.29, 0.717) is 22.2 Å². The van der Waals surface area contributed by atoms with Crippen LogP contribution in [0, 0.1) is 6.92 Å². The minimum Gasteiger partial charge on any atom is -0.462 e. The number of carbonyl (C=O) groups is 1. The predicted octanol–water partition coefficient (Wildman–Crippen LogP) is 3.48. The van der Waals surface area contributed by atoms with E-state index in [2.05, 4.69) is 0 Å². The van der Waals surface area contributed by atoms with Crippen molar-refractivity contribution in [3.8, 4) is 0 Å². The number of benzene rings is 1. The summed E-state index contributed by atoms with van der Waals surface area (Å²) in [7, 11) is 0. The number of carbonyl (C=O) groups excluding carboxylic acids is 1. The third-order valence-electron chi connectivity index (χ3n) is 1.72. The van der Waals surface area contributed by atoms with E-state index in [1.807, 2.05) is 0 Å². The molecule has 0 spiro atoms. The molecule has 0 bridgehead atoms. The maximum Gasteiger partial charge on any atom is 0.338 e. The summed E-state index contributed by atoms with van der Waals surface area (Å²) in [6, 6.07) is 3.17. The van der Waals surface area contributed by atoms with Gasteiger partial charge in [0.1, 0.15) is 0 Å². The summed E-state index contributed by atoms with van der Waals surface area (Å²) in [6.07, 6.45) is 0. The van der Waals surface area contributed by atoms with E-state index >= 15 is 0 Å². The first-order valence-corrected chi connectivity index (χ1v) is 4.94. The topological polar surface area (TPSA) is 26.3 Å². The van der Waals surface area contributed by atoms with Gasteiger partial charge in [-0.3, -0.25) is 0 Å². The first-order valence-electron chi connectivity index (χ1n) is 4.19. The van der Waals surface area contributed by atoms with Gasteiger partial charge in [0.2, 0.25) is 0 Å². The highest BCUT2D eigenvalue weighted by Gasteiger charge is 2.10. The van der Waals surface area contributed by atoms with E-state index < -0.39 is 0 Å². The summed E-state index contributed by atoms with van der Waals surface area (Å²) in [5.74, 6) is -0.380. The van der Waals surface area contributed by atoms with E-state index in [4.69, 9.17) is 27.9 Å². The summed E-state index contributed by atoms with van der Waals surface area (Å²) in [4.78, 5) is 11.3. The van der Waals surface area contributed by atoms with Crippen LogP contribution >= 0.6 is 23.2 Å². The van der Waals surface area contributed by atoms with Gasteiger partial charge in [0.05, 0.1) is 22.2 Å². The molecule has 0 aliphatic rings. The number of ether oxygens (including phenoxy) is 1. The SMILES string of the molecule is CCOC(=O)c1cc(C)c(Cl)c(Cl)c1. The standard InChI is InChI=1S/C10H10Cl2O2/c1-3-14-10(13)7-4-6(2)9(12)8(11)5-7/h4-5H,3H2,1-2H3. The zero-order valence-corrected chi connectivity index (χ0v) is 9.45. The van der Waals surface area contributed by atoms with Gasteiger partial charge < -0.3 is 4.74 Å². The molecule has 0 aromatic heterocycles. The molecule has 0 radical (unpaired) electrons. The Bertz CT molecular complexity index is 338. The normalized spacial score (nSPS) is 10.0. The molecule has 0 atom stereocenters. The van der Waals surface area contributed by atoms with Gasteiger partial charge in [-0.05, 0) is 31.5 Å². The maximum atomic E-state index is 11.3. The van der Waals surface area contributed by atoms with E-state index in [0.717, 1.165) is 5.56 Å². The molecule has 2 nitrogen and oxygen atoms in total. The molecule has 0 aliphatic heterocycles. The summed E-state index contributed by atoms with van der Waals surface area (Å²) in [5, 5.41) is 0.842. The lowest BCUT2D eigenvalue weighted by molar-refractivity contribution is 0.0526. The van der Waals surface area contributed by atoms with Crippen LogP contribution in [0.1, 0.15) is 22.8 Å². The van der Waals surface area contributed by atoms with E-state index in [1.165, 1.54) is 6.07 Å². The van der Waals surface area contributed by atoms with Crippen molar-refractivity contribution in [1.29, 1.82) is 0 Å². The molecule has 0 saturated heterocycles. The Morgan fingerprint density at radius 1 is 1.43 bits per heavy atom. The second kappa shape index (κ2) is 4.67. The average molecular weight is 233 g/mol. The van der Waals surface area contributed by atoms with Crippen LogP contribution in [-0.2, 0) is 4.74 Å². The molecular formula is C10H10Cl2O2. The Morgan fingerprint density at radius 3 is 2.57 bits per heavy atom. The fourth-order valence-corrected chi connectivity index (χ4v) is 1.43. The zero-order chi connectivity index (χ0) is 10.7. The molecule has 14 heavy (non-hydrogen) atoms. The third kappa shape index (κ3) is 2.40. The summed E-state index contributed by atoms with van der Waals surface area (Å²) >= 11 is 11.7. The van der Waals surface area contributed by atoms with Gasteiger partial charge in [-0.2, -0.15) is 0 Å². The first-order chi connectivity index (χ1) is 6.56. The van der Waals surface area contributed by atoms with Crippen LogP contribution in [0.25, 0.3) is 0 Å². The number of hydrogen-bond donors (Lipinski definition) is 0.